The molecule has 1 aliphatic carbocycles. The topological polar surface area (TPSA) is 38.0 Å². The van der Waals surface area contributed by atoms with Gasteiger partial charge in [0.15, 0.2) is 0 Å². The molecule has 0 bridgehead atoms. The number of nitrogens with one attached hydrogen (secondary N) is 1. The Labute approximate surface area is 127 Å². The van der Waals surface area contributed by atoms with E-state index in [0.29, 0.717) is 11.8 Å². The van der Waals surface area contributed by atoms with E-state index in [9.17, 15) is 0 Å². The van der Waals surface area contributed by atoms with Gasteiger partial charge in [0, 0.05) is 18.4 Å². The highest BCUT2D eigenvalue weighted by molar-refractivity contribution is 5.58. The first-order valence-corrected chi connectivity index (χ1v) is 7.80. The SMILES string of the molecule is CCc1ccc(NC)c(C2CC2c2ccc(C)c(N)c2)c1. The van der Waals surface area contributed by atoms with E-state index in [0.717, 1.165) is 12.1 Å². The molecule has 3 rings (SSSR count). The fraction of sp³-hybridized carbons (Fsp3) is 0.368. The first kappa shape index (κ1) is 14.0. The first-order chi connectivity index (χ1) is 10.1. The zero-order chi connectivity index (χ0) is 15.0. The number of hydrogen-bond acceptors (Lipinski definition) is 2. The van der Waals surface area contributed by atoms with Crippen LogP contribution < -0.4 is 11.1 Å². The number of benzene rings is 2. The molecule has 3 N–H and O–H groups in total. The molecule has 0 heterocycles. The Morgan fingerprint density at radius 2 is 1.95 bits per heavy atom. The van der Waals surface area contributed by atoms with Crippen LogP contribution in [0.25, 0.3) is 0 Å². The molecular weight excluding hydrogens is 256 g/mol. The molecule has 1 saturated carbocycles. The highest BCUT2D eigenvalue weighted by Gasteiger charge is 2.40. The number of aryl methyl sites for hydroxylation is 2. The summed E-state index contributed by atoms with van der Waals surface area (Å²) in [5, 5.41) is 3.34. The van der Waals surface area contributed by atoms with Crippen molar-refractivity contribution in [2.75, 3.05) is 18.1 Å². The third-order valence-corrected chi connectivity index (χ3v) is 4.71. The highest BCUT2D eigenvalue weighted by atomic mass is 14.8. The third-order valence-electron chi connectivity index (χ3n) is 4.71. The smallest absolute Gasteiger partial charge is 0.0373 e. The lowest BCUT2D eigenvalue weighted by Gasteiger charge is -2.11. The zero-order valence-corrected chi connectivity index (χ0v) is 13.1. The van der Waals surface area contributed by atoms with Crippen molar-refractivity contribution in [3.63, 3.8) is 0 Å². The second-order valence-corrected chi connectivity index (χ2v) is 6.09. The van der Waals surface area contributed by atoms with Crippen LogP contribution in [0.15, 0.2) is 36.4 Å². The fourth-order valence-electron chi connectivity index (χ4n) is 3.16. The van der Waals surface area contributed by atoms with Gasteiger partial charge < -0.3 is 11.1 Å². The minimum Gasteiger partial charge on any atom is -0.399 e. The van der Waals surface area contributed by atoms with Crippen LogP contribution in [0, 0.1) is 6.92 Å². The summed E-state index contributed by atoms with van der Waals surface area (Å²) in [5.41, 5.74) is 13.7. The van der Waals surface area contributed by atoms with E-state index in [1.807, 2.05) is 7.05 Å². The summed E-state index contributed by atoms with van der Waals surface area (Å²) in [5.74, 6) is 1.24. The van der Waals surface area contributed by atoms with Crippen LogP contribution in [-0.2, 0) is 6.42 Å². The molecular formula is C19H24N2. The Balaban J connectivity index is 1.88. The van der Waals surface area contributed by atoms with Gasteiger partial charge >= 0.3 is 0 Å². The molecule has 1 aliphatic rings. The molecule has 0 amide bonds. The van der Waals surface area contributed by atoms with Crippen molar-refractivity contribution in [1.29, 1.82) is 0 Å². The van der Waals surface area contributed by atoms with Gasteiger partial charge in [-0.05, 0) is 66.0 Å². The summed E-state index contributed by atoms with van der Waals surface area (Å²) in [6.07, 6.45) is 2.32. The van der Waals surface area contributed by atoms with Crippen molar-refractivity contribution >= 4 is 11.4 Å². The Morgan fingerprint density at radius 3 is 2.62 bits per heavy atom. The molecule has 1 fully saturated rings. The monoisotopic (exact) mass is 280 g/mol. The lowest BCUT2D eigenvalue weighted by Crippen LogP contribution is -1.97. The average molecular weight is 280 g/mol. The van der Waals surface area contributed by atoms with Gasteiger partial charge in [0.2, 0.25) is 0 Å². The molecule has 2 unspecified atom stereocenters. The minimum atomic E-state index is 0.618. The standard InChI is InChI=1S/C19H24N2/c1-4-13-6-8-19(21-3)17(9-13)16-11-15(16)14-7-5-12(2)18(20)10-14/h5-10,15-16,21H,4,11,20H2,1-3H3. The fourth-order valence-corrected chi connectivity index (χ4v) is 3.16. The summed E-state index contributed by atoms with van der Waals surface area (Å²) < 4.78 is 0. The van der Waals surface area contributed by atoms with E-state index in [2.05, 4.69) is 55.6 Å². The summed E-state index contributed by atoms with van der Waals surface area (Å²) in [4.78, 5) is 0. The number of anilines is 2. The van der Waals surface area contributed by atoms with Crippen molar-refractivity contribution in [1.82, 2.24) is 0 Å². The van der Waals surface area contributed by atoms with Gasteiger partial charge in [0.1, 0.15) is 0 Å². The summed E-state index contributed by atoms with van der Waals surface area (Å²) in [7, 11) is 2.01. The molecule has 0 aliphatic heterocycles. The van der Waals surface area contributed by atoms with E-state index in [1.54, 1.807) is 0 Å². The van der Waals surface area contributed by atoms with E-state index in [4.69, 9.17) is 5.73 Å². The van der Waals surface area contributed by atoms with Crippen molar-refractivity contribution in [3.8, 4) is 0 Å². The number of rotatable bonds is 4. The maximum atomic E-state index is 6.06. The van der Waals surface area contributed by atoms with Gasteiger partial charge in [-0.3, -0.25) is 0 Å². The quantitative estimate of drug-likeness (QED) is 0.812. The van der Waals surface area contributed by atoms with Crippen molar-refractivity contribution in [2.24, 2.45) is 0 Å². The maximum absolute atomic E-state index is 6.06. The molecule has 0 aromatic heterocycles. The molecule has 2 aromatic rings. The lowest BCUT2D eigenvalue weighted by atomic mass is 9.99. The summed E-state index contributed by atoms with van der Waals surface area (Å²) >= 11 is 0. The molecule has 2 heteroatoms. The lowest BCUT2D eigenvalue weighted by molar-refractivity contribution is 1.01. The van der Waals surface area contributed by atoms with E-state index in [1.165, 1.54) is 34.4 Å². The van der Waals surface area contributed by atoms with Crippen LogP contribution in [0.2, 0.25) is 0 Å². The van der Waals surface area contributed by atoms with Crippen LogP contribution in [0.4, 0.5) is 11.4 Å². The van der Waals surface area contributed by atoms with Gasteiger partial charge in [0.05, 0.1) is 0 Å². The van der Waals surface area contributed by atoms with Gasteiger partial charge in [-0.25, -0.2) is 0 Å². The molecule has 0 saturated heterocycles. The Bertz CT molecular complexity index is 661. The maximum Gasteiger partial charge on any atom is 0.0373 e. The minimum absolute atomic E-state index is 0.618. The van der Waals surface area contributed by atoms with Crippen LogP contribution in [0.1, 0.15) is 47.4 Å². The number of nitrogen functional groups attached to an aromatic ring is 1. The molecule has 0 spiro atoms. The van der Waals surface area contributed by atoms with Crippen LogP contribution in [0.5, 0.6) is 0 Å². The van der Waals surface area contributed by atoms with Gasteiger partial charge in [-0.2, -0.15) is 0 Å². The van der Waals surface area contributed by atoms with Gasteiger partial charge in [0.25, 0.3) is 0 Å². The van der Waals surface area contributed by atoms with E-state index in [-0.39, 0.29) is 0 Å². The molecule has 21 heavy (non-hydrogen) atoms. The van der Waals surface area contributed by atoms with Crippen LogP contribution >= 0.6 is 0 Å². The Kier molecular flexibility index (Phi) is 3.62. The molecule has 2 aromatic carbocycles. The van der Waals surface area contributed by atoms with E-state index < -0.39 is 0 Å². The number of nitrogens with two attached hydrogens (primary N) is 1. The normalized spacial score (nSPS) is 20.3. The molecule has 2 atom stereocenters. The highest BCUT2D eigenvalue weighted by Crippen LogP contribution is 2.56. The summed E-state index contributed by atoms with van der Waals surface area (Å²) in [6.45, 7) is 4.27. The largest absolute Gasteiger partial charge is 0.399 e. The molecule has 0 radical (unpaired) electrons. The van der Waals surface area contributed by atoms with Crippen molar-refractivity contribution in [2.45, 2.75) is 38.5 Å². The van der Waals surface area contributed by atoms with Crippen LogP contribution in [0.3, 0.4) is 0 Å². The average Bonchev–Trinajstić information content (AvgIpc) is 3.29. The Morgan fingerprint density at radius 1 is 1.14 bits per heavy atom. The second kappa shape index (κ2) is 5.44. The molecule has 2 nitrogen and oxygen atoms in total. The van der Waals surface area contributed by atoms with Gasteiger partial charge in [-0.15, -0.1) is 0 Å². The predicted molar refractivity (Wildman–Crippen MR) is 91.1 cm³/mol. The van der Waals surface area contributed by atoms with E-state index >= 15 is 0 Å². The summed E-state index contributed by atoms with van der Waals surface area (Å²) in [6, 6.07) is 13.3. The van der Waals surface area contributed by atoms with Crippen molar-refractivity contribution < 1.29 is 0 Å². The second-order valence-electron chi connectivity index (χ2n) is 6.09. The number of hydrogen-bond donors (Lipinski definition) is 2. The van der Waals surface area contributed by atoms with Gasteiger partial charge in [-0.1, -0.05) is 31.2 Å². The predicted octanol–water partition coefficient (Wildman–Crippen LogP) is 4.45. The van der Waals surface area contributed by atoms with Crippen LogP contribution in [-0.4, -0.2) is 7.05 Å². The molecule has 110 valence electrons. The first-order valence-electron chi connectivity index (χ1n) is 7.80. The Hall–Kier alpha value is -1.96. The van der Waals surface area contributed by atoms with Crippen molar-refractivity contribution in [3.05, 3.63) is 58.7 Å². The third kappa shape index (κ3) is 2.63. The zero-order valence-electron chi connectivity index (χ0n) is 13.1.